The van der Waals surface area contributed by atoms with Crippen LogP contribution in [0.5, 0.6) is 0 Å². The Hall–Kier alpha value is -1.34. The summed E-state index contributed by atoms with van der Waals surface area (Å²) in [5.41, 5.74) is 7.24. The minimum Gasteiger partial charge on any atom is -0.368 e. The van der Waals surface area contributed by atoms with Crippen LogP contribution >= 0.6 is 0 Å². The fourth-order valence-corrected chi connectivity index (χ4v) is 4.09. The fraction of sp³-hybridized carbons (Fsp3) is 0.565. The van der Waals surface area contributed by atoms with Gasteiger partial charge in [-0.25, -0.2) is 0 Å². The van der Waals surface area contributed by atoms with Crippen LogP contribution in [0, 0.1) is 5.92 Å². The van der Waals surface area contributed by atoms with E-state index in [9.17, 15) is 0 Å². The number of hydrogen-bond acceptors (Lipinski definition) is 1. The Morgan fingerprint density at radius 2 is 2.08 bits per heavy atom. The van der Waals surface area contributed by atoms with E-state index in [1.807, 2.05) is 0 Å². The largest absolute Gasteiger partial charge is 0.368 e. The fourth-order valence-electron chi connectivity index (χ4n) is 4.09. The van der Waals surface area contributed by atoms with Gasteiger partial charge >= 0.3 is 0 Å². The smallest absolute Gasteiger partial charge is 0.106 e. The summed E-state index contributed by atoms with van der Waals surface area (Å²) in [5.74, 6) is 1.06. The summed E-state index contributed by atoms with van der Waals surface area (Å²) in [5, 5.41) is 0. The van der Waals surface area contributed by atoms with Crippen molar-refractivity contribution in [2.24, 2.45) is 5.92 Å². The highest BCUT2D eigenvalue weighted by molar-refractivity contribution is 5.40. The quantitative estimate of drug-likeness (QED) is 0.316. The first-order valence-electron chi connectivity index (χ1n) is 9.67. The number of ether oxygens (including phenoxy) is 1. The van der Waals surface area contributed by atoms with Crippen molar-refractivity contribution in [3.63, 3.8) is 0 Å². The Labute approximate surface area is 147 Å². The Morgan fingerprint density at radius 1 is 1.29 bits per heavy atom. The van der Waals surface area contributed by atoms with Gasteiger partial charge in [-0.15, -0.1) is 0 Å². The van der Waals surface area contributed by atoms with Gasteiger partial charge in [-0.3, -0.25) is 0 Å². The lowest BCUT2D eigenvalue weighted by Gasteiger charge is -2.31. The molecule has 130 valence electrons. The molecule has 3 unspecified atom stereocenters. The molecule has 3 atom stereocenters. The van der Waals surface area contributed by atoms with Gasteiger partial charge in [0.05, 0.1) is 6.61 Å². The molecule has 3 rings (SSSR count). The second kappa shape index (κ2) is 7.70. The van der Waals surface area contributed by atoms with Crippen molar-refractivity contribution in [2.75, 3.05) is 6.61 Å². The zero-order valence-corrected chi connectivity index (χ0v) is 15.6. The van der Waals surface area contributed by atoms with Gasteiger partial charge in [0.25, 0.3) is 0 Å². The molecule has 0 spiro atoms. The maximum atomic E-state index is 5.65. The van der Waals surface area contributed by atoms with Gasteiger partial charge in [0, 0.05) is 5.92 Å². The molecule has 24 heavy (non-hydrogen) atoms. The van der Waals surface area contributed by atoms with Crippen LogP contribution in [-0.4, -0.2) is 6.61 Å². The minimum absolute atomic E-state index is 0.346. The molecule has 1 aromatic rings. The first-order chi connectivity index (χ1) is 11.6. The number of unbranched alkanes of at least 4 members (excludes halogenated alkanes) is 2. The topological polar surface area (TPSA) is 12.5 Å². The molecule has 1 saturated heterocycles. The van der Waals surface area contributed by atoms with E-state index >= 15 is 0 Å². The van der Waals surface area contributed by atoms with Crippen LogP contribution in [0.1, 0.15) is 81.6 Å². The molecule has 1 aromatic carbocycles. The summed E-state index contributed by atoms with van der Waals surface area (Å²) in [4.78, 5) is 0. The molecular formula is C23H32O. The molecule has 1 aliphatic heterocycles. The molecule has 0 saturated carbocycles. The van der Waals surface area contributed by atoms with E-state index in [1.165, 1.54) is 66.4 Å². The molecule has 0 amide bonds. The molecule has 0 aromatic heterocycles. The number of aryl methyl sites for hydroxylation is 1. The van der Waals surface area contributed by atoms with Gasteiger partial charge in [-0.2, -0.15) is 0 Å². The highest BCUT2D eigenvalue weighted by atomic mass is 16.6. The average Bonchev–Trinajstić information content (AvgIpc) is 3.40. The van der Waals surface area contributed by atoms with E-state index in [0.29, 0.717) is 17.9 Å². The molecule has 0 N–H and O–H groups in total. The number of epoxide rings is 1. The zero-order chi connectivity index (χ0) is 17.1. The van der Waals surface area contributed by atoms with Crippen LogP contribution in [0.2, 0.25) is 0 Å². The van der Waals surface area contributed by atoms with Crippen LogP contribution in [0.25, 0.3) is 0 Å². The zero-order valence-electron chi connectivity index (χ0n) is 15.6. The Kier molecular flexibility index (Phi) is 5.61. The summed E-state index contributed by atoms with van der Waals surface area (Å²) < 4.78 is 5.65. The maximum Gasteiger partial charge on any atom is 0.106 e. The van der Waals surface area contributed by atoms with E-state index in [1.54, 1.807) is 0 Å². The minimum atomic E-state index is 0.346. The Bertz CT molecular complexity index is 621. The first-order valence-corrected chi connectivity index (χ1v) is 9.67. The number of hydrogen-bond donors (Lipinski definition) is 0. The SMILES string of the molecule is C=C(C)C1CCC(C)=CC1c1ccc(CCCCC)c(C2CO2)c1. The summed E-state index contributed by atoms with van der Waals surface area (Å²) in [6, 6.07) is 7.17. The monoisotopic (exact) mass is 324 g/mol. The lowest BCUT2D eigenvalue weighted by atomic mass is 9.74. The highest BCUT2D eigenvalue weighted by Crippen LogP contribution is 2.42. The predicted molar refractivity (Wildman–Crippen MR) is 102 cm³/mol. The van der Waals surface area contributed by atoms with E-state index in [4.69, 9.17) is 4.74 Å². The first kappa shape index (κ1) is 17.5. The molecule has 2 aliphatic rings. The molecule has 1 heteroatoms. The summed E-state index contributed by atoms with van der Waals surface area (Å²) in [6.07, 6.45) is 10.3. The maximum absolute atomic E-state index is 5.65. The van der Waals surface area contributed by atoms with Crippen molar-refractivity contribution in [2.45, 2.75) is 71.3 Å². The number of allylic oxidation sites excluding steroid dienone is 3. The summed E-state index contributed by atoms with van der Waals surface area (Å²) in [6.45, 7) is 11.9. The van der Waals surface area contributed by atoms with Gasteiger partial charge in [0.2, 0.25) is 0 Å². The van der Waals surface area contributed by atoms with Crippen molar-refractivity contribution in [3.8, 4) is 0 Å². The van der Waals surface area contributed by atoms with Gasteiger partial charge < -0.3 is 4.74 Å². The molecule has 0 radical (unpaired) electrons. The number of rotatable bonds is 7. The highest BCUT2D eigenvalue weighted by Gasteiger charge is 2.30. The molecular weight excluding hydrogens is 292 g/mol. The second-order valence-corrected chi connectivity index (χ2v) is 7.77. The molecule has 0 bridgehead atoms. The molecule has 1 aliphatic carbocycles. The summed E-state index contributed by atoms with van der Waals surface area (Å²) >= 11 is 0. The van der Waals surface area contributed by atoms with E-state index in [-0.39, 0.29) is 0 Å². The Balaban J connectivity index is 1.88. The van der Waals surface area contributed by atoms with Crippen molar-refractivity contribution < 1.29 is 4.74 Å². The lowest BCUT2D eigenvalue weighted by Crippen LogP contribution is -2.17. The average molecular weight is 325 g/mol. The van der Waals surface area contributed by atoms with Crippen LogP contribution in [0.15, 0.2) is 42.0 Å². The lowest BCUT2D eigenvalue weighted by molar-refractivity contribution is 0.413. The van der Waals surface area contributed by atoms with Crippen LogP contribution < -0.4 is 0 Å². The van der Waals surface area contributed by atoms with Crippen LogP contribution in [-0.2, 0) is 11.2 Å². The standard InChI is InChI=1S/C23H32O/c1-5-6-7-8-18-10-11-19(14-22(18)23-15-24-23)21-13-17(4)9-12-20(21)16(2)3/h10-11,13-14,20-21,23H,2,5-9,12,15H2,1,3-4H3. The summed E-state index contributed by atoms with van der Waals surface area (Å²) in [7, 11) is 0. The normalized spacial score (nSPS) is 26.1. The van der Waals surface area contributed by atoms with E-state index in [2.05, 4.69) is 51.6 Å². The third-order valence-corrected chi connectivity index (χ3v) is 5.66. The second-order valence-electron chi connectivity index (χ2n) is 7.77. The van der Waals surface area contributed by atoms with E-state index in [0.717, 1.165) is 6.61 Å². The van der Waals surface area contributed by atoms with Crippen molar-refractivity contribution in [1.82, 2.24) is 0 Å². The number of benzene rings is 1. The van der Waals surface area contributed by atoms with Crippen LogP contribution in [0.3, 0.4) is 0 Å². The van der Waals surface area contributed by atoms with Crippen molar-refractivity contribution in [3.05, 3.63) is 58.7 Å². The van der Waals surface area contributed by atoms with Crippen LogP contribution in [0.4, 0.5) is 0 Å². The van der Waals surface area contributed by atoms with E-state index < -0.39 is 0 Å². The van der Waals surface area contributed by atoms with Gasteiger partial charge in [-0.1, -0.05) is 61.8 Å². The van der Waals surface area contributed by atoms with Gasteiger partial charge in [-0.05, 0) is 62.1 Å². The third-order valence-electron chi connectivity index (χ3n) is 5.66. The molecule has 1 heterocycles. The Morgan fingerprint density at radius 3 is 2.75 bits per heavy atom. The van der Waals surface area contributed by atoms with Gasteiger partial charge in [0.1, 0.15) is 6.10 Å². The molecule has 1 fully saturated rings. The third kappa shape index (κ3) is 4.00. The van der Waals surface area contributed by atoms with Crippen molar-refractivity contribution in [1.29, 1.82) is 0 Å². The van der Waals surface area contributed by atoms with Crippen molar-refractivity contribution >= 4 is 0 Å². The predicted octanol–water partition coefficient (Wildman–Crippen LogP) is 6.51. The van der Waals surface area contributed by atoms with Gasteiger partial charge in [0.15, 0.2) is 0 Å². The molecule has 1 nitrogen and oxygen atoms in total.